The third kappa shape index (κ3) is 3.02. The number of hydrogen-bond donors (Lipinski definition) is 1. The first kappa shape index (κ1) is 13.2. The fourth-order valence-corrected chi connectivity index (χ4v) is 3.69. The Balaban J connectivity index is 1.53. The highest BCUT2D eigenvalue weighted by Gasteiger charge is 2.30. The summed E-state index contributed by atoms with van der Waals surface area (Å²) in [6, 6.07) is 7.27. The van der Waals surface area contributed by atoms with E-state index in [4.69, 9.17) is 0 Å². The second-order valence-electron chi connectivity index (χ2n) is 6.46. The van der Waals surface area contributed by atoms with Gasteiger partial charge >= 0.3 is 0 Å². The van der Waals surface area contributed by atoms with Crippen molar-refractivity contribution in [2.75, 3.05) is 13.1 Å². The second-order valence-corrected chi connectivity index (χ2v) is 6.46. The van der Waals surface area contributed by atoms with Crippen molar-refractivity contribution >= 4 is 0 Å². The van der Waals surface area contributed by atoms with Crippen LogP contribution in [-0.4, -0.2) is 13.1 Å². The minimum absolute atomic E-state index is 0.930. The van der Waals surface area contributed by atoms with Gasteiger partial charge in [0.25, 0.3) is 0 Å². The van der Waals surface area contributed by atoms with Crippen LogP contribution in [0.2, 0.25) is 0 Å². The molecule has 2 aliphatic rings. The lowest BCUT2D eigenvalue weighted by Gasteiger charge is -2.37. The lowest BCUT2D eigenvalue weighted by atomic mass is 9.70. The topological polar surface area (TPSA) is 12.0 Å². The average molecular weight is 257 g/mol. The van der Waals surface area contributed by atoms with Crippen molar-refractivity contribution in [1.82, 2.24) is 5.32 Å². The Kier molecular flexibility index (Phi) is 4.22. The second kappa shape index (κ2) is 6.09. The number of aryl methyl sites for hydroxylation is 2. The third-order valence-electron chi connectivity index (χ3n) is 5.07. The molecular weight excluding hydrogens is 230 g/mol. The monoisotopic (exact) mass is 257 g/mol. The maximum atomic E-state index is 3.59. The van der Waals surface area contributed by atoms with Crippen molar-refractivity contribution in [3.63, 3.8) is 0 Å². The largest absolute Gasteiger partial charge is 0.316 e. The molecule has 19 heavy (non-hydrogen) atoms. The van der Waals surface area contributed by atoms with Crippen molar-refractivity contribution in [3.05, 3.63) is 34.9 Å². The van der Waals surface area contributed by atoms with Gasteiger partial charge in [-0.1, -0.05) is 25.1 Å². The van der Waals surface area contributed by atoms with Crippen LogP contribution in [0.4, 0.5) is 0 Å². The van der Waals surface area contributed by atoms with E-state index in [1.54, 1.807) is 16.7 Å². The number of hydrogen-bond acceptors (Lipinski definition) is 1. The summed E-state index contributed by atoms with van der Waals surface area (Å²) in [7, 11) is 0. The number of benzene rings is 1. The zero-order valence-electron chi connectivity index (χ0n) is 12.3. The molecule has 0 radical (unpaired) electrons. The van der Waals surface area contributed by atoms with E-state index in [0.717, 1.165) is 11.8 Å². The average Bonchev–Trinajstić information content (AvgIpc) is 2.87. The van der Waals surface area contributed by atoms with Crippen LogP contribution in [0.1, 0.15) is 49.3 Å². The van der Waals surface area contributed by atoms with Crippen molar-refractivity contribution in [2.24, 2.45) is 11.8 Å². The Bertz CT molecular complexity index is 424. The minimum Gasteiger partial charge on any atom is -0.316 e. The van der Waals surface area contributed by atoms with Crippen LogP contribution in [-0.2, 0) is 19.3 Å². The molecule has 1 aromatic rings. The summed E-state index contributed by atoms with van der Waals surface area (Å²) in [5.74, 6) is 1.86. The molecule has 1 nitrogen and oxygen atoms in total. The molecule has 1 saturated carbocycles. The van der Waals surface area contributed by atoms with Gasteiger partial charge in [-0.05, 0) is 86.6 Å². The van der Waals surface area contributed by atoms with Crippen LogP contribution in [0, 0.1) is 11.8 Å². The molecule has 2 atom stereocenters. The normalized spacial score (nSPS) is 25.1. The van der Waals surface area contributed by atoms with Crippen LogP contribution in [0.3, 0.4) is 0 Å². The summed E-state index contributed by atoms with van der Waals surface area (Å²) < 4.78 is 0. The lowest BCUT2D eigenvalue weighted by Crippen LogP contribution is -2.36. The van der Waals surface area contributed by atoms with Gasteiger partial charge in [-0.25, -0.2) is 0 Å². The van der Waals surface area contributed by atoms with Gasteiger partial charge in [0.1, 0.15) is 0 Å². The Morgan fingerprint density at radius 2 is 1.95 bits per heavy atom. The lowest BCUT2D eigenvalue weighted by molar-refractivity contribution is 0.171. The van der Waals surface area contributed by atoms with Crippen LogP contribution in [0.25, 0.3) is 0 Å². The quantitative estimate of drug-likeness (QED) is 0.765. The molecule has 2 aliphatic carbocycles. The van der Waals surface area contributed by atoms with Gasteiger partial charge in [0.05, 0.1) is 0 Å². The fourth-order valence-electron chi connectivity index (χ4n) is 3.69. The smallest absolute Gasteiger partial charge is 0.00178 e. The first-order valence-electron chi connectivity index (χ1n) is 8.18. The van der Waals surface area contributed by atoms with E-state index in [1.165, 1.54) is 58.0 Å². The predicted octanol–water partition coefficient (Wildman–Crippen LogP) is 3.74. The van der Waals surface area contributed by atoms with Gasteiger partial charge in [0.15, 0.2) is 0 Å². The van der Waals surface area contributed by atoms with E-state index in [-0.39, 0.29) is 0 Å². The Hall–Kier alpha value is -0.820. The number of fused-ring (bicyclic) bond motifs is 1. The van der Waals surface area contributed by atoms with E-state index in [0.29, 0.717) is 0 Å². The molecule has 0 aromatic heterocycles. The van der Waals surface area contributed by atoms with Crippen molar-refractivity contribution in [2.45, 2.75) is 51.9 Å². The van der Waals surface area contributed by atoms with Crippen LogP contribution >= 0.6 is 0 Å². The molecule has 3 rings (SSSR count). The maximum absolute atomic E-state index is 3.59. The summed E-state index contributed by atoms with van der Waals surface area (Å²) in [5.41, 5.74) is 4.84. The number of nitrogens with one attached hydrogen (secondary N) is 1. The summed E-state index contributed by atoms with van der Waals surface area (Å²) in [5, 5.41) is 3.59. The molecule has 0 saturated heterocycles. The first-order chi connectivity index (χ1) is 9.36. The summed E-state index contributed by atoms with van der Waals surface area (Å²) in [6.07, 6.45) is 9.43. The third-order valence-corrected chi connectivity index (χ3v) is 5.07. The first-order valence-corrected chi connectivity index (χ1v) is 8.18. The van der Waals surface area contributed by atoms with Crippen molar-refractivity contribution in [3.8, 4) is 0 Å². The van der Waals surface area contributed by atoms with E-state index < -0.39 is 0 Å². The highest BCUT2D eigenvalue weighted by atomic mass is 14.9. The van der Waals surface area contributed by atoms with Crippen molar-refractivity contribution < 1.29 is 0 Å². The zero-order chi connectivity index (χ0) is 13.1. The van der Waals surface area contributed by atoms with Gasteiger partial charge in [-0.15, -0.1) is 0 Å². The van der Waals surface area contributed by atoms with E-state index in [1.807, 2.05) is 0 Å². The van der Waals surface area contributed by atoms with Crippen molar-refractivity contribution in [1.29, 1.82) is 0 Å². The van der Waals surface area contributed by atoms with E-state index in [9.17, 15) is 0 Å². The standard InChI is InChI=1S/C18H27N/c1-2-10-19-13-18-9-8-17(18)12-14-6-7-15-4-3-5-16(15)11-14/h6-7,11,17-19H,2-5,8-10,12-13H2,1H3. The highest BCUT2D eigenvalue weighted by Crippen LogP contribution is 2.37. The molecule has 0 spiro atoms. The van der Waals surface area contributed by atoms with E-state index in [2.05, 4.69) is 30.4 Å². The van der Waals surface area contributed by atoms with Crippen LogP contribution in [0.15, 0.2) is 18.2 Å². The molecule has 1 fully saturated rings. The molecule has 0 bridgehead atoms. The molecule has 1 aromatic carbocycles. The fraction of sp³-hybridized carbons (Fsp3) is 0.667. The van der Waals surface area contributed by atoms with Crippen LogP contribution in [0.5, 0.6) is 0 Å². The van der Waals surface area contributed by atoms with Gasteiger partial charge in [-0.3, -0.25) is 0 Å². The SMILES string of the molecule is CCCNCC1CCC1Cc1ccc2c(c1)CCC2. The Morgan fingerprint density at radius 3 is 2.74 bits per heavy atom. The molecule has 0 heterocycles. The molecule has 1 heteroatoms. The van der Waals surface area contributed by atoms with Crippen LogP contribution < -0.4 is 5.32 Å². The summed E-state index contributed by atoms with van der Waals surface area (Å²) in [6.45, 7) is 4.67. The van der Waals surface area contributed by atoms with Gasteiger partial charge in [0.2, 0.25) is 0 Å². The molecule has 0 amide bonds. The predicted molar refractivity (Wildman–Crippen MR) is 81.5 cm³/mol. The molecular formula is C18H27N. The minimum atomic E-state index is 0.930. The number of rotatable bonds is 6. The summed E-state index contributed by atoms with van der Waals surface area (Å²) >= 11 is 0. The van der Waals surface area contributed by atoms with Gasteiger partial charge < -0.3 is 5.32 Å². The Morgan fingerprint density at radius 1 is 1.11 bits per heavy atom. The summed E-state index contributed by atoms with van der Waals surface area (Å²) in [4.78, 5) is 0. The highest BCUT2D eigenvalue weighted by molar-refractivity contribution is 5.35. The van der Waals surface area contributed by atoms with E-state index >= 15 is 0 Å². The zero-order valence-corrected chi connectivity index (χ0v) is 12.3. The van der Waals surface area contributed by atoms with Gasteiger partial charge in [-0.2, -0.15) is 0 Å². The van der Waals surface area contributed by atoms with Gasteiger partial charge in [0, 0.05) is 0 Å². The molecule has 1 N–H and O–H groups in total. The molecule has 104 valence electrons. The molecule has 2 unspecified atom stereocenters. The Labute approximate surface area is 117 Å². The molecule has 0 aliphatic heterocycles. The maximum Gasteiger partial charge on any atom is -0.00178 e.